The maximum Gasteiger partial charge on any atom is 0.179 e. The average Bonchev–Trinajstić information content (AvgIpc) is 2.95. The van der Waals surface area contributed by atoms with E-state index in [2.05, 4.69) is 57.7 Å². The molecule has 0 aliphatic heterocycles. The van der Waals surface area contributed by atoms with Crippen molar-refractivity contribution < 1.29 is 0 Å². The minimum Gasteiger partial charge on any atom is -0.298 e. The smallest absolute Gasteiger partial charge is 0.179 e. The van der Waals surface area contributed by atoms with Gasteiger partial charge in [0.15, 0.2) is 9.82 Å². The van der Waals surface area contributed by atoms with Gasteiger partial charge in [0.1, 0.15) is 0 Å². The summed E-state index contributed by atoms with van der Waals surface area (Å²) in [6, 6.07) is 18.8. The Morgan fingerprint density at radius 1 is 1.00 bits per heavy atom. The molecule has 1 aromatic heterocycles. The molecule has 0 radical (unpaired) electrons. The first kappa shape index (κ1) is 16.3. The Bertz CT molecular complexity index is 810. The molecule has 3 aromatic rings. The van der Waals surface area contributed by atoms with Gasteiger partial charge >= 0.3 is 0 Å². The molecule has 0 N–H and O–H groups in total. The summed E-state index contributed by atoms with van der Waals surface area (Å²) in [5.74, 6) is 0. The summed E-state index contributed by atoms with van der Waals surface area (Å²) in [4.78, 5) is 6.80. The van der Waals surface area contributed by atoms with Gasteiger partial charge in [0.25, 0.3) is 0 Å². The van der Waals surface area contributed by atoms with Gasteiger partial charge in [-0.2, -0.15) is 4.37 Å². The Balaban J connectivity index is 1.65. The number of aromatic nitrogens is 1. The molecule has 6 heteroatoms. The molecule has 0 fully saturated rings. The summed E-state index contributed by atoms with van der Waals surface area (Å²) >= 11 is 5.98. The lowest BCUT2D eigenvalue weighted by atomic mass is 10.1. The van der Waals surface area contributed by atoms with Crippen LogP contribution in [-0.4, -0.2) is 16.3 Å². The normalized spacial score (nSPS) is 12.0. The fourth-order valence-corrected chi connectivity index (χ4v) is 4.27. The summed E-state index contributed by atoms with van der Waals surface area (Å²) in [6.45, 7) is 1.84. The summed E-state index contributed by atoms with van der Waals surface area (Å²) in [5.41, 5.74) is 3.49. The maximum absolute atomic E-state index is 5.98. The van der Waals surface area contributed by atoms with E-state index >= 15 is 0 Å². The summed E-state index contributed by atoms with van der Waals surface area (Å²) in [6.07, 6.45) is 0. The fraction of sp³-hybridized carbons (Fsp3) is 0.176. The highest BCUT2D eigenvalue weighted by Crippen LogP contribution is 2.16. The van der Waals surface area contributed by atoms with E-state index in [0.717, 1.165) is 23.4 Å². The van der Waals surface area contributed by atoms with Crippen molar-refractivity contribution >= 4 is 38.2 Å². The molecule has 0 aliphatic rings. The molecule has 0 atom stereocenters. The van der Waals surface area contributed by atoms with Crippen LogP contribution in [0.2, 0.25) is 5.15 Å². The molecule has 0 bridgehead atoms. The van der Waals surface area contributed by atoms with E-state index in [1.165, 1.54) is 32.0 Å². The highest BCUT2D eigenvalue weighted by atomic mass is 35.5. The number of halogens is 1. The first-order chi connectivity index (χ1) is 11.2. The van der Waals surface area contributed by atoms with Gasteiger partial charge in [-0.05, 0) is 40.6 Å². The number of nitrogens with zero attached hydrogens (tertiary/aromatic N) is 3. The quantitative estimate of drug-likeness (QED) is 0.615. The number of benzene rings is 2. The van der Waals surface area contributed by atoms with Crippen molar-refractivity contribution in [1.29, 1.82) is 0 Å². The van der Waals surface area contributed by atoms with Crippen LogP contribution in [0.15, 0.2) is 59.6 Å². The zero-order chi connectivity index (χ0) is 16.1. The molecule has 0 saturated carbocycles. The summed E-state index contributed by atoms with van der Waals surface area (Å²) < 4.78 is 4.80. The van der Waals surface area contributed by atoms with Crippen molar-refractivity contribution in [1.82, 2.24) is 9.27 Å². The SMILES string of the molecule is CN(Cc1ccccc1)Cc1ccc(N=c2ssnc2Cl)cc1. The van der Waals surface area contributed by atoms with Crippen LogP contribution in [0.1, 0.15) is 11.1 Å². The lowest BCUT2D eigenvalue weighted by Gasteiger charge is -2.16. The van der Waals surface area contributed by atoms with E-state index < -0.39 is 0 Å². The van der Waals surface area contributed by atoms with E-state index in [1.54, 1.807) is 0 Å². The van der Waals surface area contributed by atoms with E-state index in [9.17, 15) is 0 Å². The lowest BCUT2D eigenvalue weighted by molar-refractivity contribution is 0.319. The van der Waals surface area contributed by atoms with Crippen molar-refractivity contribution in [3.05, 3.63) is 75.5 Å². The number of hydrogen-bond acceptors (Lipinski definition) is 5. The molecular formula is C17H16ClN3S2. The van der Waals surface area contributed by atoms with E-state index in [4.69, 9.17) is 11.6 Å². The zero-order valence-electron chi connectivity index (χ0n) is 12.6. The van der Waals surface area contributed by atoms with E-state index in [-0.39, 0.29) is 0 Å². The Hall–Kier alpha value is -1.53. The van der Waals surface area contributed by atoms with Gasteiger partial charge in [-0.3, -0.25) is 4.90 Å². The fourth-order valence-electron chi connectivity index (χ4n) is 2.28. The molecule has 0 amide bonds. The molecule has 118 valence electrons. The third-order valence-corrected chi connectivity index (χ3v) is 5.50. The maximum atomic E-state index is 5.98. The van der Waals surface area contributed by atoms with Crippen molar-refractivity contribution in [3.63, 3.8) is 0 Å². The molecule has 23 heavy (non-hydrogen) atoms. The standard InChI is InChI=1S/C17H16ClN3S2/c1-21(11-13-5-3-2-4-6-13)12-14-7-9-15(10-8-14)19-17-16(18)20-23-22-17/h2-10H,11-12H2,1H3. The van der Waals surface area contributed by atoms with Gasteiger partial charge in [0.05, 0.1) is 5.69 Å². The van der Waals surface area contributed by atoms with Crippen molar-refractivity contribution in [2.24, 2.45) is 4.99 Å². The molecule has 1 heterocycles. The molecule has 3 rings (SSSR count). The minimum atomic E-state index is 0.478. The monoisotopic (exact) mass is 361 g/mol. The summed E-state index contributed by atoms with van der Waals surface area (Å²) in [7, 11) is 4.97. The van der Waals surface area contributed by atoms with Crippen LogP contribution in [0, 0.1) is 0 Å². The van der Waals surface area contributed by atoms with Crippen LogP contribution in [0.3, 0.4) is 0 Å². The molecule has 0 saturated heterocycles. The molecule has 2 aromatic carbocycles. The van der Waals surface area contributed by atoms with Gasteiger partial charge in [-0.25, -0.2) is 4.99 Å². The third-order valence-electron chi connectivity index (χ3n) is 3.32. The Labute approximate surface area is 148 Å². The van der Waals surface area contributed by atoms with Crippen molar-refractivity contribution in [2.45, 2.75) is 13.1 Å². The predicted molar refractivity (Wildman–Crippen MR) is 98.3 cm³/mol. The van der Waals surface area contributed by atoms with Crippen LogP contribution < -0.4 is 4.67 Å². The second-order valence-electron chi connectivity index (χ2n) is 5.28. The second-order valence-corrected chi connectivity index (χ2v) is 7.47. The Morgan fingerprint density at radius 2 is 1.65 bits per heavy atom. The zero-order valence-corrected chi connectivity index (χ0v) is 15.0. The van der Waals surface area contributed by atoms with Gasteiger partial charge in [-0.15, -0.1) is 0 Å². The van der Waals surface area contributed by atoms with Crippen LogP contribution in [-0.2, 0) is 13.1 Å². The number of rotatable bonds is 5. The molecule has 0 aliphatic carbocycles. The molecule has 0 unspecified atom stereocenters. The highest BCUT2D eigenvalue weighted by molar-refractivity contribution is 7.66. The number of hydrogen-bond donors (Lipinski definition) is 0. The average molecular weight is 362 g/mol. The minimum absolute atomic E-state index is 0.478. The van der Waals surface area contributed by atoms with Crippen molar-refractivity contribution in [2.75, 3.05) is 7.05 Å². The first-order valence-electron chi connectivity index (χ1n) is 7.18. The van der Waals surface area contributed by atoms with Gasteiger partial charge in [-0.1, -0.05) is 54.1 Å². The lowest BCUT2D eigenvalue weighted by Crippen LogP contribution is -2.17. The van der Waals surface area contributed by atoms with Gasteiger partial charge < -0.3 is 0 Å². The largest absolute Gasteiger partial charge is 0.298 e. The van der Waals surface area contributed by atoms with E-state index in [0.29, 0.717) is 5.15 Å². The van der Waals surface area contributed by atoms with Crippen molar-refractivity contribution in [3.8, 4) is 0 Å². The van der Waals surface area contributed by atoms with Gasteiger partial charge in [0, 0.05) is 23.6 Å². The highest BCUT2D eigenvalue weighted by Gasteiger charge is 2.02. The van der Waals surface area contributed by atoms with Crippen LogP contribution in [0.25, 0.3) is 0 Å². The van der Waals surface area contributed by atoms with Crippen LogP contribution in [0.4, 0.5) is 5.69 Å². The summed E-state index contributed by atoms with van der Waals surface area (Å²) in [5, 5.41) is 0.478. The first-order valence-corrected chi connectivity index (χ1v) is 9.67. The van der Waals surface area contributed by atoms with Crippen LogP contribution >= 0.6 is 32.5 Å². The Kier molecular flexibility index (Phi) is 5.56. The van der Waals surface area contributed by atoms with Gasteiger partial charge in [0.2, 0.25) is 0 Å². The molecule has 0 spiro atoms. The topological polar surface area (TPSA) is 28.5 Å². The molecule has 3 nitrogen and oxygen atoms in total. The Morgan fingerprint density at radius 3 is 2.26 bits per heavy atom. The van der Waals surface area contributed by atoms with E-state index in [1.807, 2.05) is 18.2 Å². The predicted octanol–water partition coefficient (Wildman–Crippen LogP) is 4.72. The molecular weight excluding hydrogens is 346 g/mol. The second kappa shape index (κ2) is 7.84. The third kappa shape index (κ3) is 4.72. The van der Waals surface area contributed by atoms with Crippen LogP contribution in [0.5, 0.6) is 0 Å².